The third-order valence-electron chi connectivity index (χ3n) is 3.10. The van der Waals surface area contributed by atoms with Gasteiger partial charge in [-0.15, -0.1) is 0 Å². The molecule has 0 fully saturated rings. The molecule has 0 aliphatic rings. The van der Waals surface area contributed by atoms with E-state index in [0.29, 0.717) is 11.3 Å². The highest BCUT2D eigenvalue weighted by Crippen LogP contribution is 2.18. The SMILES string of the molecule is Cc1cc(C)cc(CS(=O)(=O)Cc2ccccc2N)c1. The summed E-state index contributed by atoms with van der Waals surface area (Å²) in [6, 6.07) is 13.0. The van der Waals surface area contributed by atoms with E-state index in [1.54, 1.807) is 24.3 Å². The Labute approximate surface area is 120 Å². The molecule has 2 aromatic rings. The van der Waals surface area contributed by atoms with Crippen LogP contribution in [-0.2, 0) is 21.3 Å². The summed E-state index contributed by atoms with van der Waals surface area (Å²) in [6.07, 6.45) is 0. The summed E-state index contributed by atoms with van der Waals surface area (Å²) >= 11 is 0. The molecular weight excluding hydrogens is 270 g/mol. The Morgan fingerprint density at radius 1 is 0.950 bits per heavy atom. The Hall–Kier alpha value is -1.81. The van der Waals surface area contributed by atoms with Gasteiger partial charge in [-0.1, -0.05) is 47.5 Å². The van der Waals surface area contributed by atoms with Crippen molar-refractivity contribution >= 4 is 15.5 Å². The fourth-order valence-electron chi connectivity index (χ4n) is 2.36. The van der Waals surface area contributed by atoms with Gasteiger partial charge in [0.05, 0.1) is 11.5 Å². The Bertz CT molecular complexity index is 701. The van der Waals surface area contributed by atoms with Crippen LogP contribution in [0.25, 0.3) is 0 Å². The van der Waals surface area contributed by atoms with Gasteiger partial charge in [0.15, 0.2) is 9.84 Å². The zero-order valence-corrected chi connectivity index (χ0v) is 12.6. The number of nitrogen functional groups attached to an aromatic ring is 1. The number of anilines is 1. The van der Waals surface area contributed by atoms with Gasteiger partial charge in [-0.2, -0.15) is 0 Å². The van der Waals surface area contributed by atoms with Crippen LogP contribution in [0.15, 0.2) is 42.5 Å². The predicted octanol–water partition coefficient (Wildman–Crippen LogP) is 3.00. The van der Waals surface area contributed by atoms with Crippen molar-refractivity contribution in [3.8, 4) is 0 Å². The molecule has 0 saturated heterocycles. The van der Waals surface area contributed by atoms with Crippen LogP contribution in [0.3, 0.4) is 0 Å². The van der Waals surface area contributed by atoms with Gasteiger partial charge >= 0.3 is 0 Å². The molecule has 0 radical (unpaired) electrons. The maximum atomic E-state index is 12.3. The van der Waals surface area contributed by atoms with E-state index in [-0.39, 0.29) is 11.5 Å². The summed E-state index contributed by atoms with van der Waals surface area (Å²) in [5, 5.41) is 0. The molecule has 0 atom stereocenters. The summed E-state index contributed by atoms with van der Waals surface area (Å²) in [4.78, 5) is 0. The van der Waals surface area contributed by atoms with Crippen LogP contribution < -0.4 is 5.73 Å². The molecule has 0 amide bonds. The van der Waals surface area contributed by atoms with Crippen molar-refractivity contribution < 1.29 is 8.42 Å². The lowest BCUT2D eigenvalue weighted by Gasteiger charge is -2.08. The van der Waals surface area contributed by atoms with Crippen LogP contribution in [0.4, 0.5) is 5.69 Å². The third kappa shape index (κ3) is 3.84. The number of para-hydroxylation sites is 1. The van der Waals surface area contributed by atoms with Crippen LogP contribution >= 0.6 is 0 Å². The first kappa shape index (κ1) is 14.6. The lowest BCUT2D eigenvalue weighted by molar-refractivity contribution is 0.594. The van der Waals surface area contributed by atoms with Crippen molar-refractivity contribution in [1.29, 1.82) is 0 Å². The zero-order valence-electron chi connectivity index (χ0n) is 11.8. The van der Waals surface area contributed by atoms with E-state index in [9.17, 15) is 8.42 Å². The maximum absolute atomic E-state index is 12.3. The van der Waals surface area contributed by atoms with Gasteiger partial charge in [0.25, 0.3) is 0 Å². The number of nitrogens with two attached hydrogens (primary N) is 1. The fourth-order valence-corrected chi connectivity index (χ4v) is 3.87. The minimum atomic E-state index is -3.22. The molecule has 0 aromatic heterocycles. The average Bonchev–Trinajstić information content (AvgIpc) is 2.29. The van der Waals surface area contributed by atoms with E-state index in [0.717, 1.165) is 16.7 Å². The highest BCUT2D eigenvalue weighted by atomic mass is 32.2. The number of hydrogen-bond acceptors (Lipinski definition) is 3. The molecule has 0 unspecified atom stereocenters. The average molecular weight is 289 g/mol. The van der Waals surface area contributed by atoms with Crippen molar-refractivity contribution in [2.75, 3.05) is 5.73 Å². The topological polar surface area (TPSA) is 60.2 Å². The summed E-state index contributed by atoms with van der Waals surface area (Å²) < 4.78 is 24.6. The highest BCUT2D eigenvalue weighted by molar-refractivity contribution is 7.89. The number of aryl methyl sites for hydroxylation is 2. The van der Waals surface area contributed by atoms with E-state index < -0.39 is 9.84 Å². The van der Waals surface area contributed by atoms with Gasteiger partial charge in [0.2, 0.25) is 0 Å². The fraction of sp³-hybridized carbons (Fsp3) is 0.250. The van der Waals surface area contributed by atoms with Gasteiger partial charge in [-0.3, -0.25) is 0 Å². The molecule has 20 heavy (non-hydrogen) atoms. The third-order valence-corrected chi connectivity index (χ3v) is 4.62. The van der Waals surface area contributed by atoms with E-state index >= 15 is 0 Å². The van der Waals surface area contributed by atoms with Crippen LogP contribution in [0, 0.1) is 13.8 Å². The van der Waals surface area contributed by atoms with Crippen LogP contribution in [0.5, 0.6) is 0 Å². The lowest BCUT2D eigenvalue weighted by Crippen LogP contribution is -2.09. The van der Waals surface area contributed by atoms with Crippen molar-refractivity contribution in [3.05, 3.63) is 64.7 Å². The number of rotatable bonds is 4. The monoisotopic (exact) mass is 289 g/mol. The molecule has 2 rings (SSSR count). The van der Waals surface area contributed by atoms with Crippen molar-refractivity contribution in [2.45, 2.75) is 25.4 Å². The molecular formula is C16H19NO2S. The summed E-state index contributed by atoms with van der Waals surface area (Å²) in [5.41, 5.74) is 9.98. The molecule has 2 N–H and O–H groups in total. The Morgan fingerprint density at radius 3 is 2.15 bits per heavy atom. The Kier molecular flexibility index (Phi) is 4.14. The first-order chi connectivity index (χ1) is 9.35. The smallest absolute Gasteiger partial charge is 0.158 e. The molecule has 4 heteroatoms. The quantitative estimate of drug-likeness (QED) is 0.880. The molecule has 0 spiro atoms. The van der Waals surface area contributed by atoms with Crippen LogP contribution in [0.2, 0.25) is 0 Å². The predicted molar refractivity (Wildman–Crippen MR) is 83.1 cm³/mol. The first-order valence-corrected chi connectivity index (χ1v) is 8.29. The molecule has 0 aliphatic carbocycles. The van der Waals surface area contributed by atoms with E-state index in [1.807, 2.05) is 32.0 Å². The number of hydrogen-bond donors (Lipinski definition) is 1. The van der Waals surface area contributed by atoms with Crippen molar-refractivity contribution in [2.24, 2.45) is 0 Å². The van der Waals surface area contributed by atoms with Crippen molar-refractivity contribution in [1.82, 2.24) is 0 Å². The van der Waals surface area contributed by atoms with Crippen LogP contribution in [0.1, 0.15) is 22.3 Å². The van der Waals surface area contributed by atoms with E-state index in [2.05, 4.69) is 0 Å². The largest absolute Gasteiger partial charge is 0.398 e. The molecule has 2 aromatic carbocycles. The van der Waals surface area contributed by atoms with Crippen molar-refractivity contribution in [3.63, 3.8) is 0 Å². The molecule has 106 valence electrons. The number of benzene rings is 2. The van der Waals surface area contributed by atoms with Gasteiger partial charge in [-0.25, -0.2) is 8.42 Å². The molecule has 0 aliphatic heterocycles. The molecule has 0 heterocycles. The minimum absolute atomic E-state index is 0.0212. The van der Waals surface area contributed by atoms with Crippen LogP contribution in [-0.4, -0.2) is 8.42 Å². The molecule has 0 saturated carbocycles. The second kappa shape index (κ2) is 5.67. The highest BCUT2D eigenvalue weighted by Gasteiger charge is 2.15. The summed E-state index contributed by atoms with van der Waals surface area (Å²) in [5.74, 6) is 0.0243. The van der Waals surface area contributed by atoms with Gasteiger partial charge in [-0.05, 0) is 31.0 Å². The van der Waals surface area contributed by atoms with Gasteiger partial charge < -0.3 is 5.73 Å². The van der Waals surface area contributed by atoms with Gasteiger partial charge in [0.1, 0.15) is 0 Å². The summed E-state index contributed by atoms with van der Waals surface area (Å²) in [6.45, 7) is 3.94. The zero-order chi connectivity index (χ0) is 14.8. The lowest BCUT2D eigenvalue weighted by atomic mass is 10.1. The molecule has 0 bridgehead atoms. The standard InChI is InChI=1S/C16H19NO2S/c1-12-7-13(2)9-14(8-12)10-20(18,19)11-15-5-3-4-6-16(15)17/h3-9H,10-11,17H2,1-2H3. The van der Waals surface area contributed by atoms with E-state index in [1.165, 1.54) is 0 Å². The Balaban J connectivity index is 2.21. The number of sulfone groups is 1. The second-order valence-corrected chi connectivity index (χ2v) is 7.29. The first-order valence-electron chi connectivity index (χ1n) is 6.47. The van der Waals surface area contributed by atoms with Gasteiger partial charge in [0, 0.05) is 5.69 Å². The normalized spacial score (nSPS) is 11.5. The Morgan fingerprint density at radius 2 is 1.55 bits per heavy atom. The second-order valence-electron chi connectivity index (χ2n) is 5.23. The maximum Gasteiger partial charge on any atom is 0.158 e. The van der Waals surface area contributed by atoms with E-state index in [4.69, 9.17) is 5.73 Å². The summed E-state index contributed by atoms with van der Waals surface area (Å²) in [7, 11) is -3.22. The molecule has 3 nitrogen and oxygen atoms in total. The minimum Gasteiger partial charge on any atom is -0.398 e.